The second kappa shape index (κ2) is 5.40. The molecule has 3 rings (SSSR count). The molecule has 6 heteroatoms. The highest BCUT2D eigenvalue weighted by molar-refractivity contribution is 7.91. The van der Waals surface area contributed by atoms with E-state index in [1.165, 1.54) is 12.1 Å². The van der Waals surface area contributed by atoms with E-state index in [0.29, 0.717) is 13.0 Å². The van der Waals surface area contributed by atoms with E-state index in [0.717, 1.165) is 18.4 Å². The van der Waals surface area contributed by atoms with Crippen LogP contribution in [0.2, 0.25) is 0 Å². The fourth-order valence-corrected chi connectivity index (χ4v) is 5.05. The van der Waals surface area contributed by atoms with Crippen LogP contribution in [0.5, 0.6) is 0 Å². The van der Waals surface area contributed by atoms with Crippen LogP contribution in [0.4, 0.5) is 4.39 Å². The molecule has 2 heterocycles. The highest BCUT2D eigenvalue weighted by atomic mass is 32.2. The number of hydrogen-bond acceptors (Lipinski definition) is 3. The molecule has 0 spiro atoms. The number of halogens is 1. The Bertz CT molecular complexity index is 659. The summed E-state index contributed by atoms with van der Waals surface area (Å²) in [6.07, 6.45) is 2.08. The number of hydrogen-bond donors (Lipinski definition) is 0. The number of carbonyl (C=O) groups is 1. The molecule has 21 heavy (non-hydrogen) atoms. The minimum Gasteiger partial charge on any atom is -0.335 e. The number of carbonyl (C=O) groups excluding carboxylic acids is 1. The molecule has 0 unspecified atom stereocenters. The van der Waals surface area contributed by atoms with Crippen molar-refractivity contribution < 1.29 is 17.6 Å². The maximum Gasteiger partial charge on any atom is 0.227 e. The summed E-state index contributed by atoms with van der Waals surface area (Å²) in [6.45, 7) is 0.622. The quantitative estimate of drug-likeness (QED) is 0.838. The van der Waals surface area contributed by atoms with E-state index in [1.807, 2.05) is 6.07 Å². The molecule has 0 aromatic heterocycles. The van der Waals surface area contributed by atoms with Crippen molar-refractivity contribution in [2.75, 3.05) is 18.1 Å². The van der Waals surface area contributed by atoms with Gasteiger partial charge in [-0.15, -0.1) is 0 Å². The van der Waals surface area contributed by atoms with Gasteiger partial charge < -0.3 is 4.90 Å². The average Bonchev–Trinajstić information content (AvgIpc) is 3.04. The lowest BCUT2D eigenvalue weighted by Crippen LogP contribution is -2.36. The summed E-state index contributed by atoms with van der Waals surface area (Å²) in [5.41, 5.74) is 0.793. The van der Waals surface area contributed by atoms with E-state index in [2.05, 4.69) is 0 Å². The van der Waals surface area contributed by atoms with Crippen LogP contribution in [0.3, 0.4) is 0 Å². The lowest BCUT2D eigenvalue weighted by molar-refractivity contribution is -0.135. The van der Waals surface area contributed by atoms with Gasteiger partial charge in [-0.05, 0) is 37.0 Å². The first-order valence-corrected chi connectivity index (χ1v) is 9.05. The Morgan fingerprint density at radius 1 is 1.29 bits per heavy atom. The molecular weight excluding hydrogens is 293 g/mol. The molecular formula is C15H18FNO3S. The Hall–Kier alpha value is -1.43. The molecule has 2 aliphatic rings. The summed E-state index contributed by atoms with van der Waals surface area (Å²) < 4.78 is 36.4. The smallest absolute Gasteiger partial charge is 0.227 e. The van der Waals surface area contributed by atoms with E-state index < -0.39 is 15.8 Å². The van der Waals surface area contributed by atoms with E-state index in [1.54, 1.807) is 11.0 Å². The first kappa shape index (κ1) is 14.5. The lowest BCUT2D eigenvalue weighted by atomic mass is 10.0. The third kappa shape index (κ3) is 2.95. The van der Waals surface area contributed by atoms with Crippen LogP contribution in [0.15, 0.2) is 24.3 Å². The van der Waals surface area contributed by atoms with E-state index in [-0.39, 0.29) is 29.3 Å². The van der Waals surface area contributed by atoms with Gasteiger partial charge in [0, 0.05) is 6.54 Å². The molecule has 114 valence electrons. The van der Waals surface area contributed by atoms with Gasteiger partial charge in [0.25, 0.3) is 0 Å². The highest BCUT2D eigenvalue weighted by Crippen LogP contribution is 2.34. The average molecular weight is 311 g/mol. The Morgan fingerprint density at radius 2 is 2.10 bits per heavy atom. The Morgan fingerprint density at radius 3 is 2.76 bits per heavy atom. The molecule has 0 saturated carbocycles. The normalized spacial score (nSPS) is 28.0. The van der Waals surface area contributed by atoms with Crippen molar-refractivity contribution in [3.63, 3.8) is 0 Å². The van der Waals surface area contributed by atoms with Crippen molar-refractivity contribution in [1.82, 2.24) is 4.90 Å². The predicted octanol–water partition coefficient (Wildman–Crippen LogP) is 1.92. The summed E-state index contributed by atoms with van der Waals surface area (Å²) in [5, 5.41) is 0. The second-order valence-electron chi connectivity index (χ2n) is 5.84. The number of benzene rings is 1. The van der Waals surface area contributed by atoms with Gasteiger partial charge in [-0.3, -0.25) is 4.79 Å². The van der Waals surface area contributed by atoms with Crippen LogP contribution in [0.25, 0.3) is 0 Å². The van der Waals surface area contributed by atoms with Gasteiger partial charge in [-0.1, -0.05) is 12.1 Å². The summed E-state index contributed by atoms with van der Waals surface area (Å²) in [7, 11) is -3.07. The largest absolute Gasteiger partial charge is 0.335 e. The third-order valence-electron chi connectivity index (χ3n) is 4.35. The monoisotopic (exact) mass is 311 g/mol. The van der Waals surface area contributed by atoms with Crippen LogP contribution < -0.4 is 0 Å². The minimum absolute atomic E-state index is 0.0434. The van der Waals surface area contributed by atoms with Crippen molar-refractivity contribution in [3.8, 4) is 0 Å². The van der Waals surface area contributed by atoms with Crippen LogP contribution in [0.1, 0.15) is 30.9 Å². The molecule has 2 aliphatic heterocycles. The number of amides is 1. The Labute approximate surface area is 123 Å². The second-order valence-corrected chi connectivity index (χ2v) is 8.07. The van der Waals surface area contributed by atoms with Crippen molar-refractivity contribution in [3.05, 3.63) is 35.6 Å². The first-order chi connectivity index (χ1) is 9.96. The summed E-state index contributed by atoms with van der Waals surface area (Å²) >= 11 is 0. The standard InChI is InChI=1S/C15H18FNO3S/c16-13-4-1-3-11(9-13)14-5-2-7-17(14)15(18)12-6-8-21(19,20)10-12/h1,3-4,9,12,14H,2,5-8,10H2/t12-,14+/m0/s1. The van der Waals surface area contributed by atoms with Crippen molar-refractivity contribution in [2.45, 2.75) is 25.3 Å². The first-order valence-electron chi connectivity index (χ1n) is 7.23. The fourth-order valence-electron chi connectivity index (χ4n) is 3.32. The number of likely N-dealkylation sites (tertiary alicyclic amines) is 1. The number of sulfone groups is 1. The van der Waals surface area contributed by atoms with Gasteiger partial charge in [0.2, 0.25) is 5.91 Å². The van der Waals surface area contributed by atoms with Crippen LogP contribution in [0, 0.1) is 11.7 Å². The third-order valence-corrected chi connectivity index (χ3v) is 6.12. The summed E-state index contributed by atoms with van der Waals surface area (Å²) in [4.78, 5) is 14.3. The molecule has 0 N–H and O–H groups in total. The van der Waals surface area contributed by atoms with E-state index in [4.69, 9.17) is 0 Å². The predicted molar refractivity (Wildman–Crippen MR) is 76.8 cm³/mol. The van der Waals surface area contributed by atoms with Crippen LogP contribution in [-0.4, -0.2) is 37.3 Å². The number of rotatable bonds is 2. The topological polar surface area (TPSA) is 54.5 Å². The summed E-state index contributed by atoms with van der Waals surface area (Å²) in [6, 6.07) is 6.18. The van der Waals surface area contributed by atoms with Gasteiger partial charge in [-0.2, -0.15) is 0 Å². The van der Waals surface area contributed by atoms with Gasteiger partial charge >= 0.3 is 0 Å². The van der Waals surface area contributed by atoms with Crippen molar-refractivity contribution in [2.24, 2.45) is 5.92 Å². The molecule has 0 aliphatic carbocycles. The molecule has 1 amide bonds. The fraction of sp³-hybridized carbons (Fsp3) is 0.533. The number of nitrogens with zero attached hydrogens (tertiary/aromatic N) is 1. The molecule has 4 nitrogen and oxygen atoms in total. The molecule has 0 radical (unpaired) electrons. The molecule has 2 fully saturated rings. The van der Waals surface area contributed by atoms with E-state index >= 15 is 0 Å². The molecule has 1 aromatic rings. The van der Waals surface area contributed by atoms with Crippen LogP contribution in [-0.2, 0) is 14.6 Å². The maximum absolute atomic E-state index is 13.4. The molecule has 1 aromatic carbocycles. The van der Waals surface area contributed by atoms with E-state index in [9.17, 15) is 17.6 Å². The Kier molecular flexibility index (Phi) is 3.73. The SMILES string of the molecule is O=C([C@H]1CCS(=O)(=O)C1)N1CCC[C@@H]1c1cccc(F)c1. The lowest BCUT2D eigenvalue weighted by Gasteiger charge is -2.27. The zero-order valence-electron chi connectivity index (χ0n) is 11.7. The summed E-state index contributed by atoms with van der Waals surface area (Å²) in [5.74, 6) is -0.776. The highest BCUT2D eigenvalue weighted by Gasteiger charge is 2.39. The molecule has 2 atom stereocenters. The van der Waals surface area contributed by atoms with Gasteiger partial charge in [0.1, 0.15) is 5.82 Å². The Balaban J connectivity index is 1.80. The maximum atomic E-state index is 13.4. The zero-order chi connectivity index (χ0) is 15.0. The van der Waals surface area contributed by atoms with Crippen molar-refractivity contribution >= 4 is 15.7 Å². The van der Waals surface area contributed by atoms with Crippen LogP contribution >= 0.6 is 0 Å². The van der Waals surface area contributed by atoms with Crippen molar-refractivity contribution in [1.29, 1.82) is 0 Å². The zero-order valence-corrected chi connectivity index (χ0v) is 12.5. The van der Waals surface area contributed by atoms with Gasteiger partial charge in [0.15, 0.2) is 9.84 Å². The van der Waals surface area contributed by atoms with Gasteiger partial charge in [0.05, 0.1) is 23.5 Å². The van der Waals surface area contributed by atoms with Gasteiger partial charge in [-0.25, -0.2) is 12.8 Å². The minimum atomic E-state index is -3.07. The molecule has 0 bridgehead atoms. The molecule has 2 saturated heterocycles.